The molecule has 4 heteroatoms. The Balaban J connectivity index is 3.87. The number of hydrogen-bond acceptors (Lipinski definition) is 4. The third kappa shape index (κ3) is 2.61. The van der Waals surface area contributed by atoms with Crippen molar-refractivity contribution in [2.75, 3.05) is 7.11 Å². The Morgan fingerprint density at radius 3 is 2.67 bits per heavy atom. The lowest BCUT2D eigenvalue weighted by atomic mass is 10.4. The van der Waals surface area contributed by atoms with Gasteiger partial charge in [-0.05, 0) is 6.92 Å². The van der Waals surface area contributed by atoms with Gasteiger partial charge in [0.1, 0.15) is 0 Å². The Labute approximate surface area is 52.5 Å². The number of esters is 1. The Kier molecular flexibility index (Phi) is 3.32. The van der Waals surface area contributed by atoms with E-state index in [1.807, 2.05) is 0 Å². The molecule has 1 atom stereocenters. The first-order valence-corrected chi connectivity index (χ1v) is 2.37. The lowest BCUT2D eigenvalue weighted by Gasteiger charge is -1.97. The Morgan fingerprint density at radius 2 is 2.33 bits per heavy atom. The van der Waals surface area contributed by atoms with Gasteiger partial charge in [0.2, 0.25) is 6.08 Å². The number of nitrogens with zero attached hydrogens (tertiary/aromatic N) is 1. The highest BCUT2D eigenvalue weighted by Gasteiger charge is 2.09. The molecule has 50 valence electrons. The first-order valence-electron chi connectivity index (χ1n) is 2.37. The second-order valence-corrected chi connectivity index (χ2v) is 1.42. The van der Waals surface area contributed by atoms with E-state index in [1.165, 1.54) is 20.1 Å². The smallest absolute Gasteiger partial charge is 0.331 e. The molecule has 0 saturated heterocycles. The van der Waals surface area contributed by atoms with Crippen molar-refractivity contribution in [3.05, 3.63) is 0 Å². The number of hydrogen-bond donors (Lipinski definition) is 0. The molecule has 0 amide bonds. The van der Waals surface area contributed by atoms with Gasteiger partial charge in [-0.25, -0.2) is 9.59 Å². The van der Waals surface area contributed by atoms with Crippen LogP contribution >= 0.6 is 0 Å². The summed E-state index contributed by atoms with van der Waals surface area (Å²) < 4.78 is 4.25. The zero-order chi connectivity index (χ0) is 7.28. The fraction of sp³-hybridized carbons (Fsp3) is 0.600. The van der Waals surface area contributed by atoms with Crippen LogP contribution < -0.4 is 0 Å². The third-order valence-electron chi connectivity index (χ3n) is 0.789. The molecule has 0 aromatic rings. The van der Waals surface area contributed by atoms with Gasteiger partial charge < -0.3 is 4.74 Å². The molecule has 0 aromatic carbocycles. The van der Waals surface area contributed by atoms with Crippen molar-refractivity contribution >= 4 is 12.0 Å². The largest absolute Gasteiger partial charge is 0.467 e. The van der Waals surface area contributed by atoms with E-state index in [-0.39, 0.29) is 0 Å². The summed E-state index contributed by atoms with van der Waals surface area (Å²) in [4.78, 5) is 23.1. The lowest BCUT2D eigenvalue weighted by Crippen LogP contribution is -2.15. The van der Waals surface area contributed by atoms with E-state index in [1.54, 1.807) is 0 Å². The molecule has 0 aromatic heterocycles. The third-order valence-corrected chi connectivity index (χ3v) is 0.789. The fourth-order valence-electron chi connectivity index (χ4n) is 0.302. The van der Waals surface area contributed by atoms with Gasteiger partial charge in [-0.2, -0.15) is 4.99 Å². The highest BCUT2D eigenvalue weighted by molar-refractivity contribution is 5.76. The highest BCUT2D eigenvalue weighted by Crippen LogP contribution is 1.88. The average Bonchev–Trinajstić information content (AvgIpc) is 1.87. The van der Waals surface area contributed by atoms with Gasteiger partial charge in [0, 0.05) is 0 Å². The van der Waals surface area contributed by atoms with Crippen LogP contribution in [-0.4, -0.2) is 25.2 Å². The normalized spacial score (nSPS) is 11.3. The van der Waals surface area contributed by atoms with Crippen LogP contribution in [0.3, 0.4) is 0 Å². The minimum atomic E-state index is -0.729. The number of carbonyl (C=O) groups excluding carboxylic acids is 2. The second kappa shape index (κ2) is 3.80. The maximum Gasteiger partial charge on any atom is 0.331 e. The van der Waals surface area contributed by atoms with Crippen LogP contribution in [0.25, 0.3) is 0 Å². The van der Waals surface area contributed by atoms with Crippen LogP contribution in [0, 0.1) is 0 Å². The second-order valence-electron chi connectivity index (χ2n) is 1.42. The molecule has 0 spiro atoms. The molecule has 0 rings (SSSR count). The number of isocyanates is 1. The molecule has 0 bridgehead atoms. The van der Waals surface area contributed by atoms with Crippen molar-refractivity contribution in [1.29, 1.82) is 0 Å². The van der Waals surface area contributed by atoms with Crippen LogP contribution in [0.4, 0.5) is 0 Å². The van der Waals surface area contributed by atoms with Crippen molar-refractivity contribution < 1.29 is 14.3 Å². The van der Waals surface area contributed by atoms with Gasteiger partial charge in [-0.15, -0.1) is 0 Å². The predicted octanol–water partition coefficient (Wildman–Crippen LogP) is -0.116. The Morgan fingerprint density at radius 1 is 1.78 bits per heavy atom. The van der Waals surface area contributed by atoms with Crippen molar-refractivity contribution in [2.24, 2.45) is 4.99 Å². The maximum atomic E-state index is 10.4. The summed E-state index contributed by atoms with van der Waals surface area (Å²) in [6, 6.07) is -0.729. The summed E-state index contributed by atoms with van der Waals surface area (Å²) in [6.07, 6.45) is 1.26. The van der Waals surface area contributed by atoms with Crippen molar-refractivity contribution in [3.63, 3.8) is 0 Å². The molecule has 0 fully saturated rings. The van der Waals surface area contributed by atoms with E-state index in [9.17, 15) is 9.59 Å². The Bertz CT molecular complexity index is 148. The molecule has 4 nitrogen and oxygen atoms in total. The standard InChI is InChI=1S/C5H7NO3/c1-4(6-3-7)5(8)9-2/h4H,1-2H3/t4-/m1/s1. The minimum Gasteiger partial charge on any atom is -0.467 e. The summed E-state index contributed by atoms with van der Waals surface area (Å²) in [7, 11) is 1.24. The number of methoxy groups -OCH3 is 1. The van der Waals surface area contributed by atoms with Gasteiger partial charge in [0.05, 0.1) is 7.11 Å². The van der Waals surface area contributed by atoms with E-state index in [4.69, 9.17) is 0 Å². The van der Waals surface area contributed by atoms with Gasteiger partial charge in [-0.3, -0.25) is 0 Å². The summed E-state index contributed by atoms with van der Waals surface area (Å²) >= 11 is 0. The van der Waals surface area contributed by atoms with E-state index >= 15 is 0 Å². The van der Waals surface area contributed by atoms with E-state index < -0.39 is 12.0 Å². The van der Waals surface area contributed by atoms with Crippen LogP contribution in [0.15, 0.2) is 4.99 Å². The summed E-state index contributed by atoms with van der Waals surface area (Å²) in [5, 5.41) is 0. The van der Waals surface area contributed by atoms with Crippen LogP contribution in [0.2, 0.25) is 0 Å². The van der Waals surface area contributed by atoms with Gasteiger partial charge in [0.15, 0.2) is 6.04 Å². The van der Waals surface area contributed by atoms with Gasteiger partial charge >= 0.3 is 5.97 Å². The summed E-state index contributed by atoms with van der Waals surface area (Å²) in [5.41, 5.74) is 0. The van der Waals surface area contributed by atoms with E-state index in [0.29, 0.717) is 0 Å². The number of carbonyl (C=O) groups is 1. The monoisotopic (exact) mass is 129 g/mol. The molecule has 0 aliphatic heterocycles. The highest BCUT2D eigenvalue weighted by atomic mass is 16.5. The topological polar surface area (TPSA) is 55.7 Å². The molecule has 0 heterocycles. The summed E-state index contributed by atoms with van der Waals surface area (Å²) in [6.45, 7) is 1.46. The van der Waals surface area contributed by atoms with Crippen molar-refractivity contribution in [1.82, 2.24) is 0 Å². The molecule has 0 radical (unpaired) electrons. The molecule has 0 unspecified atom stereocenters. The first-order chi connectivity index (χ1) is 4.22. The molecule has 0 aliphatic carbocycles. The minimum absolute atomic E-state index is 0.529. The maximum absolute atomic E-state index is 10.4. The number of ether oxygens (including phenoxy) is 1. The van der Waals surface area contributed by atoms with Crippen molar-refractivity contribution in [2.45, 2.75) is 13.0 Å². The van der Waals surface area contributed by atoms with Crippen LogP contribution in [0.1, 0.15) is 6.92 Å². The van der Waals surface area contributed by atoms with Crippen molar-refractivity contribution in [3.8, 4) is 0 Å². The average molecular weight is 129 g/mol. The number of aliphatic imine (C=N–C) groups is 1. The quantitative estimate of drug-likeness (QED) is 0.297. The predicted molar refractivity (Wildman–Crippen MR) is 29.6 cm³/mol. The molecule has 9 heavy (non-hydrogen) atoms. The first kappa shape index (κ1) is 7.85. The molecular formula is C5H7NO3. The molecule has 0 saturated carbocycles. The number of rotatable bonds is 2. The molecular weight excluding hydrogens is 122 g/mol. The van der Waals surface area contributed by atoms with E-state index in [0.717, 1.165) is 0 Å². The fourth-order valence-corrected chi connectivity index (χ4v) is 0.302. The molecule has 0 aliphatic rings. The Hall–Kier alpha value is -1.15. The zero-order valence-corrected chi connectivity index (χ0v) is 5.25. The van der Waals surface area contributed by atoms with Gasteiger partial charge in [0.25, 0.3) is 0 Å². The molecule has 0 N–H and O–H groups in total. The zero-order valence-electron chi connectivity index (χ0n) is 5.25. The van der Waals surface area contributed by atoms with Crippen LogP contribution in [0.5, 0.6) is 0 Å². The van der Waals surface area contributed by atoms with E-state index in [2.05, 4.69) is 9.73 Å². The lowest BCUT2D eigenvalue weighted by molar-refractivity contribution is -0.141. The SMILES string of the molecule is COC(=O)[C@@H](C)N=C=O. The van der Waals surface area contributed by atoms with Gasteiger partial charge in [-0.1, -0.05) is 0 Å². The summed E-state index contributed by atoms with van der Waals surface area (Å²) in [5.74, 6) is -0.529. The van der Waals surface area contributed by atoms with Crippen LogP contribution in [-0.2, 0) is 14.3 Å².